The number of nitrogens with one attached hydrogen (secondary N) is 2. The molecule has 0 bridgehead atoms. The van der Waals surface area contributed by atoms with Crippen LogP contribution in [0.1, 0.15) is 52.0 Å². The summed E-state index contributed by atoms with van der Waals surface area (Å²) < 4.78 is 34.1. The van der Waals surface area contributed by atoms with E-state index in [1.165, 1.54) is 6.07 Å². The Balaban J connectivity index is 1.86. The number of amides is 1. The SMILES string of the molecule is CC[C@H](NC(=O)c1ccc(C)c(S(=O)(=O)Nc2ccccc2C)c1)c1ccc(OC)c(C)c1. The summed E-state index contributed by atoms with van der Waals surface area (Å²) in [6.45, 7) is 7.49. The standard InChI is InChI=1S/C26H30N2O4S/c1-6-22(20-13-14-24(32-5)19(4)15-20)27-26(29)21-12-11-18(3)25(16-21)33(30,31)28-23-10-8-7-9-17(23)2/h7-16,22,28H,6H2,1-5H3,(H,27,29)/t22-/m0/s1. The van der Waals surface area contributed by atoms with Crippen molar-refractivity contribution in [2.24, 2.45) is 0 Å². The molecule has 0 aliphatic rings. The summed E-state index contributed by atoms with van der Waals surface area (Å²) in [6, 6.07) is 17.5. The van der Waals surface area contributed by atoms with Gasteiger partial charge in [0, 0.05) is 5.56 Å². The summed E-state index contributed by atoms with van der Waals surface area (Å²) in [4.78, 5) is 13.1. The van der Waals surface area contributed by atoms with Crippen LogP contribution in [0.2, 0.25) is 0 Å². The average molecular weight is 467 g/mol. The Morgan fingerprint density at radius 2 is 1.67 bits per heavy atom. The summed E-state index contributed by atoms with van der Waals surface area (Å²) in [5.74, 6) is 0.456. The van der Waals surface area contributed by atoms with Crippen LogP contribution in [0.15, 0.2) is 65.6 Å². The van der Waals surface area contributed by atoms with Crippen LogP contribution in [0.5, 0.6) is 5.75 Å². The van der Waals surface area contributed by atoms with E-state index in [0.717, 1.165) is 22.4 Å². The number of sulfonamides is 1. The second-order valence-corrected chi connectivity index (χ2v) is 9.71. The van der Waals surface area contributed by atoms with Crippen molar-refractivity contribution in [1.82, 2.24) is 5.32 Å². The number of benzene rings is 3. The van der Waals surface area contributed by atoms with Gasteiger partial charge in [0.25, 0.3) is 15.9 Å². The lowest BCUT2D eigenvalue weighted by atomic mass is 10.0. The fourth-order valence-corrected chi connectivity index (χ4v) is 5.10. The first-order valence-corrected chi connectivity index (χ1v) is 12.3. The number of anilines is 1. The van der Waals surface area contributed by atoms with Crippen molar-refractivity contribution in [3.05, 3.63) is 88.5 Å². The van der Waals surface area contributed by atoms with E-state index in [4.69, 9.17) is 4.74 Å². The Morgan fingerprint density at radius 1 is 0.939 bits per heavy atom. The minimum absolute atomic E-state index is 0.0757. The van der Waals surface area contributed by atoms with E-state index in [-0.39, 0.29) is 22.4 Å². The predicted octanol–water partition coefficient (Wildman–Crippen LogP) is 5.30. The fraction of sp³-hybridized carbons (Fsp3) is 0.269. The summed E-state index contributed by atoms with van der Waals surface area (Å²) in [7, 11) is -2.24. The summed E-state index contributed by atoms with van der Waals surface area (Å²) in [5, 5.41) is 3.03. The molecule has 0 radical (unpaired) electrons. The van der Waals surface area contributed by atoms with Gasteiger partial charge in [-0.1, -0.05) is 43.3 Å². The zero-order valence-electron chi connectivity index (χ0n) is 19.6. The highest BCUT2D eigenvalue weighted by Gasteiger charge is 2.21. The van der Waals surface area contributed by atoms with E-state index in [9.17, 15) is 13.2 Å². The van der Waals surface area contributed by atoms with Gasteiger partial charge in [0.1, 0.15) is 5.75 Å². The second-order valence-electron chi connectivity index (χ2n) is 8.06. The van der Waals surface area contributed by atoms with Gasteiger partial charge in [0.2, 0.25) is 0 Å². The summed E-state index contributed by atoms with van der Waals surface area (Å²) in [6.07, 6.45) is 0.684. The first-order chi connectivity index (χ1) is 15.7. The Labute approximate surface area is 196 Å². The van der Waals surface area contributed by atoms with Crippen LogP contribution in [0, 0.1) is 20.8 Å². The highest BCUT2D eigenvalue weighted by atomic mass is 32.2. The molecule has 0 saturated heterocycles. The molecule has 33 heavy (non-hydrogen) atoms. The van der Waals surface area contributed by atoms with Crippen molar-refractivity contribution < 1.29 is 17.9 Å². The Bertz CT molecular complexity index is 1270. The topological polar surface area (TPSA) is 84.5 Å². The third-order valence-corrected chi connectivity index (χ3v) is 7.17. The third kappa shape index (κ3) is 5.54. The highest BCUT2D eigenvalue weighted by Crippen LogP contribution is 2.26. The maximum absolute atomic E-state index is 13.1. The van der Waals surface area contributed by atoms with Crippen LogP contribution in [0.3, 0.4) is 0 Å². The molecular weight excluding hydrogens is 436 g/mol. The number of rotatable bonds is 8. The van der Waals surface area contributed by atoms with Crippen LogP contribution < -0.4 is 14.8 Å². The van der Waals surface area contributed by atoms with E-state index >= 15 is 0 Å². The van der Waals surface area contributed by atoms with Crippen LogP contribution in [-0.2, 0) is 10.0 Å². The molecule has 6 nitrogen and oxygen atoms in total. The summed E-state index contributed by atoms with van der Waals surface area (Å²) in [5.41, 5.74) is 4.11. The summed E-state index contributed by atoms with van der Waals surface area (Å²) >= 11 is 0. The molecule has 7 heteroatoms. The van der Waals surface area contributed by atoms with Gasteiger partial charge in [0.05, 0.1) is 23.7 Å². The van der Waals surface area contributed by atoms with Crippen molar-refractivity contribution in [1.29, 1.82) is 0 Å². The van der Waals surface area contributed by atoms with Gasteiger partial charge in [-0.3, -0.25) is 9.52 Å². The first kappa shape index (κ1) is 24.3. The lowest BCUT2D eigenvalue weighted by Gasteiger charge is -2.19. The molecule has 0 aromatic heterocycles. The minimum atomic E-state index is -3.87. The van der Waals surface area contributed by atoms with Crippen molar-refractivity contribution >= 4 is 21.6 Å². The molecule has 2 N–H and O–H groups in total. The molecule has 3 aromatic carbocycles. The van der Waals surface area contributed by atoms with Gasteiger partial charge in [-0.15, -0.1) is 0 Å². The number of para-hydroxylation sites is 1. The molecule has 3 rings (SSSR count). The number of methoxy groups -OCH3 is 1. The molecule has 0 saturated carbocycles. The number of aryl methyl sites for hydroxylation is 3. The fourth-order valence-electron chi connectivity index (χ4n) is 3.70. The highest BCUT2D eigenvalue weighted by molar-refractivity contribution is 7.92. The molecule has 0 fully saturated rings. The average Bonchev–Trinajstić information content (AvgIpc) is 2.78. The van der Waals surface area contributed by atoms with Gasteiger partial charge in [-0.25, -0.2) is 8.42 Å². The van der Waals surface area contributed by atoms with Crippen molar-refractivity contribution in [2.75, 3.05) is 11.8 Å². The quantitative estimate of drug-likeness (QED) is 0.472. The normalized spacial score (nSPS) is 12.2. The number of hydrogen-bond donors (Lipinski definition) is 2. The van der Waals surface area contributed by atoms with Gasteiger partial charge in [-0.2, -0.15) is 0 Å². The second kappa shape index (κ2) is 10.1. The third-order valence-electron chi connectivity index (χ3n) is 5.66. The lowest BCUT2D eigenvalue weighted by Crippen LogP contribution is -2.28. The zero-order valence-corrected chi connectivity index (χ0v) is 20.4. The first-order valence-electron chi connectivity index (χ1n) is 10.8. The molecule has 1 amide bonds. The Morgan fingerprint density at radius 3 is 2.30 bits per heavy atom. The number of carbonyl (C=O) groups excluding carboxylic acids is 1. The lowest BCUT2D eigenvalue weighted by molar-refractivity contribution is 0.0935. The van der Waals surface area contributed by atoms with Gasteiger partial charge >= 0.3 is 0 Å². The Kier molecular flexibility index (Phi) is 7.43. The molecule has 0 spiro atoms. The van der Waals surface area contributed by atoms with E-state index in [0.29, 0.717) is 17.7 Å². The Hall–Kier alpha value is -3.32. The zero-order chi connectivity index (χ0) is 24.2. The molecule has 0 aliphatic heterocycles. The maximum Gasteiger partial charge on any atom is 0.262 e. The monoisotopic (exact) mass is 466 g/mol. The largest absolute Gasteiger partial charge is 0.496 e. The molecule has 1 atom stereocenters. The molecule has 0 heterocycles. The van der Waals surface area contributed by atoms with Crippen molar-refractivity contribution in [2.45, 2.75) is 45.1 Å². The molecular formula is C26H30N2O4S. The molecule has 0 unspecified atom stereocenters. The van der Waals surface area contributed by atoms with E-state index in [1.54, 1.807) is 38.3 Å². The van der Waals surface area contributed by atoms with Gasteiger partial charge in [0.15, 0.2) is 0 Å². The minimum Gasteiger partial charge on any atom is -0.496 e. The van der Waals surface area contributed by atoms with Crippen LogP contribution >= 0.6 is 0 Å². The molecule has 3 aromatic rings. The molecule has 0 aliphatic carbocycles. The van der Waals surface area contributed by atoms with Crippen molar-refractivity contribution in [3.63, 3.8) is 0 Å². The maximum atomic E-state index is 13.1. The van der Waals surface area contributed by atoms with Crippen LogP contribution in [0.25, 0.3) is 0 Å². The van der Waals surface area contributed by atoms with E-state index in [1.807, 2.05) is 51.1 Å². The van der Waals surface area contributed by atoms with Crippen molar-refractivity contribution in [3.8, 4) is 5.75 Å². The van der Waals surface area contributed by atoms with Crippen LogP contribution in [0.4, 0.5) is 5.69 Å². The predicted molar refractivity (Wildman–Crippen MR) is 131 cm³/mol. The smallest absolute Gasteiger partial charge is 0.262 e. The van der Waals surface area contributed by atoms with E-state index in [2.05, 4.69) is 10.0 Å². The number of hydrogen-bond acceptors (Lipinski definition) is 4. The van der Waals surface area contributed by atoms with Gasteiger partial charge in [-0.05, 0) is 73.7 Å². The number of ether oxygens (including phenoxy) is 1. The number of carbonyl (C=O) groups is 1. The van der Waals surface area contributed by atoms with Gasteiger partial charge < -0.3 is 10.1 Å². The van der Waals surface area contributed by atoms with E-state index < -0.39 is 10.0 Å². The molecule has 174 valence electrons. The van der Waals surface area contributed by atoms with Crippen LogP contribution in [-0.4, -0.2) is 21.4 Å².